The lowest BCUT2D eigenvalue weighted by atomic mass is 9.33. The van der Waals surface area contributed by atoms with Crippen LogP contribution in [0.2, 0.25) is 0 Å². The van der Waals surface area contributed by atoms with Crippen molar-refractivity contribution < 1.29 is 14.7 Å². The first kappa shape index (κ1) is 34.0. The molecule has 4 saturated carbocycles. The minimum Gasteiger partial charge on any atom is -0.393 e. The summed E-state index contributed by atoms with van der Waals surface area (Å²) in [4.78, 5) is 28.1. The fraction of sp³-hybridized carbons (Fsp3) is 0.889. The minimum absolute atomic E-state index is 0. The van der Waals surface area contributed by atoms with Crippen molar-refractivity contribution in [3.05, 3.63) is 11.6 Å². The molecule has 0 aromatic rings. The Kier molecular flexibility index (Phi) is 9.28. The van der Waals surface area contributed by atoms with Crippen LogP contribution in [-0.2, 0) is 9.59 Å². The number of aliphatic hydroxyl groups excluding tert-OH is 1. The van der Waals surface area contributed by atoms with Gasteiger partial charge in [-0.3, -0.25) is 9.59 Å². The summed E-state index contributed by atoms with van der Waals surface area (Å²) in [6.45, 7) is 17.9. The minimum atomic E-state index is -0.394. The summed E-state index contributed by atoms with van der Waals surface area (Å²) in [5.41, 5.74) is 6.34. The van der Waals surface area contributed by atoms with Gasteiger partial charge >= 0.3 is 0 Å². The Balaban J connectivity index is 0.00000405. The predicted octanol–water partition coefficient (Wildman–Crippen LogP) is 7.39. The molecule has 42 heavy (non-hydrogen) atoms. The molecule has 5 aliphatic rings. The molecule has 240 valence electrons. The Morgan fingerprint density at radius 1 is 0.929 bits per heavy atom. The molecule has 0 heterocycles. The van der Waals surface area contributed by atoms with Gasteiger partial charge in [-0.2, -0.15) is 0 Å². The maximum absolute atomic E-state index is 14.5. The fourth-order valence-corrected chi connectivity index (χ4v) is 11.4. The summed E-state index contributed by atoms with van der Waals surface area (Å²) < 4.78 is 0. The Morgan fingerprint density at radius 3 is 2.29 bits per heavy atom. The molecule has 5 rings (SSSR count). The first-order valence-corrected chi connectivity index (χ1v) is 17.0. The van der Waals surface area contributed by atoms with Crippen LogP contribution in [0, 0.1) is 50.2 Å². The summed E-state index contributed by atoms with van der Waals surface area (Å²) in [6, 6.07) is 0. The van der Waals surface area contributed by atoms with Crippen LogP contribution in [0.4, 0.5) is 0 Å². The molecule has 0 spiro atoms. The Morgan fingerprint density at radius 2 is 1.60 bits per heavy atom. The van der Waals surface area contributed by atoms with Crippen LogP contribution in [0.1, 0.15) is 132 Å². The summed E-state index contributed by atoms with van der Waals surface area (Å²) in [5.74, 6) is 1.15. The molecule has 4 N–H and O–H groups in total. The molecule has 1 amide bonds. The van der Waals surface area contributed by atoms with Gasteiger partial charge in [0, 0.05) is 17.9 Å². The number of nitrogens with two attached hydrogens (primary N) is 1. The zero-order valence-corrected chi connectivity index (χ0v) is 28.6. The van der Waals surface area contributed by atoms with Crippen molar-refractivity contribution in [2.75, 3.05) is 13.1 Å². The third-order valence-corrected chi connectivity index (χ3v) is 14.5. The number of carbonyl (C=O) groups excluding carboxylic acids is 2. The Hall–Kier alpha value is -0.910. The van der Waals surface area contributed by atoms with E-state index in [1.54, 1.807) is 0 Å². The SMILES string of the molecule is CC1(C)[C@@H](O)CC[C@]2(C)[C@H]3C(=O)C=C4C5C[C@@](C)(C(=O)NCCCCCCN)CC[C@]5(C)CC[C@@]4(C)[C@]3(C)CC[C@@H]12.Cl. The number of ketones is 1. The number of unbranched alkanes of at least 4 members (excludes halogenated alkanes) is 3. The van der Waals surface area contributed by atoms with Gasteiger partial charge in [0.05, 0.1) is 6.10 Å². The molecular formula is C36H61ClN2O3. The van der Waals surface area contributed by atoms with Crippen LogP contribution < -0.4 is 11.1 Å². The highest BCUT2D eigenvalue weighted by atomic mass is 35.5. The van der Waals surface area contributed by atoms with Gasteiger partial charge in [-0.05, 0) is 122 Å². The van der Waals surface area contributed by atoms with Crippen LogP contribution in [0.25, 0.3) is 0 Å². The van der Waals surface area contributed by atoms with Gasteiger partial charge in [0.2, 0.25) is 5.91 Å². The Labute approximate surface area is 262 Å². The number of carbonyl (C=O) groups is 2. The molecule has 0 bridgehead atoms. The van der Waals surface area contributed by atoms with Crippen molar-refractivity contribution >= 4 is 24.1 Å². The van der Waals surface area contributed by atoms with Gasteiger partial charge in [-0.25, -0.2) is 0 Å². The summed E-state index contributed by atoms with van der Waals surface area (Å²) in [6.07, 6.45) is 15.1. The summed E-state index contributed by atoms with van der Waals surface area (Å²) in [7, 11) is 0. The van der Waals surface area contributed by atoms with Gasteiger partial charge in [-0.1, -0.05) is 66.9 Å². The number of amides is 1. The number of allylic oxidation sites excluding steroid dienone is 2. The second kappa shape index (κ2) is 11.5. The second-order valence-electron chi connectivity index (χ2n) is 17.1. The van der Waals surface area contributed by atoms with E-state index in [1.165, 1.54) is 12.0 Å². The van der Waals surface area contributed by atoms with E-state index in [9.17, 15) is 14.7 Å². The lowest BCUT2D eigenvalue weighted by molar-refractivity contribution is -0.202. The number of hydrogen-bond acceptors (Lipinski definition) is 4. The quantitative estimate of drug-likeness (QED) is 0.264. The van der Waals surface area contributed by atoms with E-state index >= 15 is 0 Å². The van der Waals surface area contributed by atoms with E-state index in [4.69, 9.17) is 5.73 Å². The highest BCUT2D eigenvalue weighted by molar-refractivity contribution is 5.95. The zero-order chi connectivity index (χ0) is 30.1. The molecule has 0 aromatic heterocycles. The summed E-state index contributed by atoms with van der Waals surface area (Å²) in [5, 5.41) is 14.3. The Bertz CT molecular complexity index is 1090. The van der Waals surface area contributed by atoms with Crippen LogP contribution in [0.3, 0.4) is 0 Å². The first-order chi connectivity index (χ1) is 19.1. The number of hydrogen-bond donors (Lipinski definition) is 3. The van der Waals surface area contributed by atoms with E-state index in [1.807, 2.05) is 0 Å². The monoisotopic (exact) mass is 604 g/mol. The maximum atomic E-state index is 14.5. The van der Waals surface area contributed by atoms with Crippen molar-refractivity contribution in [2.24, 2.45) is 56.0 Å². The van der Waals surface area contributed by atoms with Gasteiger partial charge in [-0.15, -0.1) is 12.4 Å². The molecule has 9 atom stereocenters. The van der Waals surface area contributed by atoms with Crippen molar-refractivity contribution in [3.8, 4) is 0 Å². The third kappa shape index (κ3) is 4.95. The molecule has 6 heteroatoms. The van der Waals surface area contributed by atoms with Crippen molar-refractivity contribution in [1.82, 2.24) is 5.32 Å². The first-order valence-electron chi connectivity index (χ1n) is 17.0. The van der Waals surface area contributed by atoms with Gasteiger partial charge in [0.1, 0.15) is 0 Å². The van der Waals surface area contributed by atoms with Gasteiger partial charge in [0.25, 0.3) is 0 Å². The molecule has 0 aromatic carbocycles. The highest BCUT2D eigenvalue weighted by Crippen LogP contribution is 2.75. The second-order valence-corrected chi connectivity index (χ2v) is 17.1. The number of nitrogens with one attached hydrogen (secondary N) is 1. The number of rotatable bonds is 7. The van der Waals surface area contributed by atoms with Crippen molar-refractivity contribution in [1.29, 1.82) is 0 Å². The zero-order valence-electron chi connectivity index (χ0n) is 27.7. The van der Waals surface area contributed by atoms with Crippen LogP contribution in [-0.4, -0.2) is 36.0 Å². The normalized spacial score (nSPS) is 45.7. The average Bonchev–Trinajstić information content (AvgIpc) is 2.90. The molecule has 0 saturated heterocycles. The van der Waals surface area contributed by atoms with Gasteiger partial charge < -0.3 is 16.2 Å². The lowest BCUT2D eigenvalue weighted by Gasteiger charge is -2.70. The lowest BCUT2D eigenvalue weighted by Crippen LogP contribution is -2.66. The van der Waals surface area contributed by atoms with E-state index in [0.717, 1.165) is 90.1 Å². The van der Waals surface area contributed by atoms with Crippen LogP contribution in [0.5, 0.6) is 0 Å². The predicted molar refractivity (Wildman–Crippen MR) is 173 cm³/mol. The molecule has 5 aliphatic carbocycles. The highest BCUT2D eigenvalue weighted by Gasteiger charge is 2.70. The van der Waals surface area contributed by atoms with E-state index < -0.39 is 5.41 Å². The van der Waals surface area contributed by atoms with Crippen LogP contribution >= 0.6 is 12.4 Å². The van der Waals surface area contributed by atoms with E-state index in [-0.39, 0.29) is 63.3 Å². The molecular weight excluding hydrogens is 544 g/mol. The maximum Gasteiger partial charge on any atom is 0.225 e. The topological polar surface area (TPSA) is 92.4 Å². The van der Waals surface area contributed by atoms with Crippen LogP contribution in [0.15, 0.2) is 11.6 Å². The molecule has 5 nitrogen and oxygen atoms in total. The molecule has 0 aliphatic heterocycles. The number of fused-ring (bicyclic) bond motifs is 7. The third-order valence-electron chi connectivity index (χ3n) is 14.5. The largest absolute Gasteiger partial charge is 0.393 e. The number of halogens is 1. The molecule has 4 fully saturated rings. The van der Waals surface area contributed by atoms with Crippen molar-refractivity contribution in [2.45, 2.75) is 138 Å². The standard InChI is InChI=1S/C36H60N2O3.ClH/c1-31(2)27-12-15-36(7)29(34(27,5)14-13-28(31)40)26(39)22-24-25-23-33(4,30(41)38-21-11-9-8-10-20-37)17-16-32(25,3)18-19-35(24,36)6;/h22,25,27-29,40H,8-21,23,37H2,1-7H3,(H,38,41);1H/t25?,27-,28-,29+,32+,33-,34-,35+,36+;/m0./s1. The summed E-state index contributed by atoms with van der Waals surface area (Å²) >= 11 is 0. The molecule has 1 unspecified atom stereocenters. The fourth-order valence-electron chi connectivity index (χ4n) is 11.4. The van der Waals surface area contributed by atoms with E-state index in [0.29, 0.717) is 11.7 Å². The number of aliphatic hydroxyl groups is 1. The van der Waals surface area contributed by atoms with Crippen molar-refractivity contribution in [3.63, 3.8) is 0 Å². The average molecular weight is 605 g/mol. The van der Waals surface area contributed by atoms with Gasteiger partial charge in [0.15, 0.2) is 5.78 Å². The molecule has 0 radical (unpaired) electrons. The van der Waals surface area contributed by atoms with E-state index in [2.05, 4.69) is 59.9 Å². The smallest absolute Gasteiger partial charge is 0.225 e.